The number of aromatic carboxylic acids is 1. The molecule has 3 rings (SSSR count). The van der Waals surface area contributed by atoms with E-state index < -0.39 is 28.8 Å². The number of benzene rings is 2. The van der Waals surface area contributed by atoms with Gasteiger partial charge in [-0.25, -0.2) is 9.18 Å². The van der Waals surface area contributed by atoms with Crippen molar-refractivity contribution in [3.8, 4) is 0 Å². The van der Waals surface area contributed by atoms with Crippen LogP contribution in [0.2, 0.25) is 5.02 Å². The average Bonchev–Trinajstić information content (AvgIpc) is 2.59. The molecule has 0 aliphatic heterocycles. The lowest BCUT2D eigenvalue weighted by Gasteiger charge is -2.10. The van der Waals surface area contributed by atoms with E-state index in [0.29, 0.717) is 21.5 Å². The third-order valence-electron chi connectivity index (χ3n) is 3.77. The Kier molecular flexibility index (Phi) is 4.73. The maximum absolute atomic E-state index is 12.9. The van der Waals surface area contributed by atoms with Gasteiger partial charge in [-0.3, -0.25) is 9.59 Å². The van der Waals surface area contributed by atoms with Crippen LogP contribution in [-0.2, 0) is 6.54 Å². The number of carboxylic acid groups (broad SMARTS) is 1. The molecule has 26 heavy (non-hydrogen) atoms. The second-order valence-corrected chi connectivity index (χ2v) is 5.97. The van der Waals surface area contributed by atoms with Gasteiger partial charge in [0.25, 0.3) is 11.5 Å². The minimum atomic E-state index is -1.35. The van der Waals surface area contributed by atoms with Crippen LogP contribution in [0.15, 0.2) is 47.3 Å². The minimum absolute atomic E-state index is 0.0373. The first kappa shape index (κ1) is 17.6. The predicted molar refractivity (Wildman–Crippen MR) is 94.1 cm³/mol. The number of pyridine rings is 1. The van der Waals surface area contributed by atoms with Crippen LogP contribution in [-0.4, -0.2) is 22.0 Å². The molecule has 3 N–H and O–H groups in total. The summed E-state index contributed by atoms with van der Waals surface area (Å²) in [6.07, 6.45) is 0. The first-order valence-corrected chi connectivity index (χ1v) is 7.85. The van der Waals surface area contributed by atoms with E-state index in [0.717, 1.165) is 0 Å². The molecule has 8 heteroatoms. The molecule has 0 saturated carbocycles. The number of carbonyl (C=O) groups is 2. The van der Waals surface area contributed by atoms with E-state index in [1.807, 2.05) is 0 Å². The second-order valence-electron chi connectivity index (χ2n) is 5.54. The highest BCUT2D eigenvalue weighted by Gasteiger charge is 2.13. The maximum Gasteiger partial charge on any atom is 0.341 e. The first-order chi connectivity index (χ1) is 12.3. The Hall–Kier alpha value is -3.19. The molecule has 1 aromatic heterocycles. The lowest BCUT2D eigenvalue weighted by Crippen LogP contribution is -2.23. The largest absolute Gasteiger partial charge is 0.477 e. The standard InChI is InChI=1S/C18H12ClFN2O4/c19-12-5-10-7-14(18(25)26)17(24)22-15(10)11(6-12)8-21-16(23)9-1-3-13(20)4-2-9/h1-7H,8H2,(H,21,23)(H,22,24)(H,25,26). The predicted octanol–water partition coefficient (Wildman–Crippen LogP) is 2.95. The number of aromatic amines is 1. The van der Waals surface area contributed by atoms with Crippen molar-refractivity contribution < 1.29 is 19.1 Å². The third-order valence-corrected chi connectivity index (χ3v) is 3.99. The van der Waals surface area contributed by atoms with E-state index in [9.17, 15) is 18.8 Å². The van der Waals surface area contributed by atoms with Gasteiger partial charge in [-0.05, 0) is 48.0 Å². The summed E-state index contributed by atoms with van der Waals surface area (Å²) in [7, 11) is 0. The Morgan fingerprint density at radius 3 is 2.50 bits per heavy atom. The smallest absolute Gasteiger partial charge is 0.341 e. The molecule has 0 fully saturated rings. The Morgan fingerprint density at radius 2 is 1.85 bits per heavy atom. The van der Waals surface area contributed by atoms with E-state index in [-0.39, 0.29) is 12.1 Å². The van der Waals surface area contributed by atoms with E-state index >= 15 is 0 Å². The zero-order chi connectivity index (χ0) is 18.8. The van der Waals surface area contributed by atoms with E-state index in [2.05, 4.69) is 10.3 Å². The lowest BCUT2D eigenvalue weighted by molar-refractivity contribution is 0.0695. The van der Waals surface area contributed by atoms with Crippen molar-refractivity contribution in [1.82, 2.24) is 10.3 Å². The molecule has 1 amide bonds. The summed E-state index contributed by atoms with van der Waals surface area (Å²) >= 11 is 6.05. The zero-order valence-corrected chi connectivity index (χ0v) is 13.9. The highest BCUT2D eigenvalue weighted by atomic mass is 35.5. The van der Waals surface area contributed by atoms with Gasteiger partial charge in [0.2, 0.25) is 0 Å². The van der Waals surface area contributed by atoms with Gasteiger partial charge in [0.05, 0.1) is 5.52 Å². The third kappa shape index (κ3) is 3.57. The average molecular weight is 375 g/mol. The maximum atomic E-state index is 12.9. The highest BCUT2D eigenvalue weighted by molar-refractivity contribution is 6.31. The molecule has 132 valence electrons. The van der Waals surface area contributed by atoms with Crippen LogP contribution in [0, 0.1) is 5.82 Å². The molecule has 0 atom stereocenters. The minimum Gasteiger partial charge on any atom is -0.477 e. The number of rotatable bonds is 4. The van der Waals surface area contributed by atoms with E-state index in [1.54, 1.807) is 6.07 Å². The molecule has 2 aromatic carbocycles. The highest BCUT2D eigenvalue weighted by Crippen LogP contribution is 2.22. The number of carbonyl (C=O) groups excluding carboxylic acids is 1. The Balaban J connectivity index is 1.93. The molecule has 0 bridgehead atoms. The van der Waals surface area contributed by atoms with Gasteiger partial charge in [-0.1, -0.05) is 11.6 Å². The van der Waals surface area contributed by atoms with E-state index in [4.69, 9.17) is 16.7 Å². The molecule has 0 unspecified atom stereocenters. The number of hydrogen-bond donors (Lipinski definition) is 3. The van der Waals surface area contributed by atoms with Gasteiger partial charge in [0.15, 0.2) is 0 Å². The van der Waals surface area contributed by atoms with Crippen LogP contribution in [0.5, 0.6) is 0 Å². The van der Waals surface area contributed by atoms with Crippen LogP contribution < -0.4 is 10.9 Å². The van der Waals surface area contributed by atoms with E-state index in [1.165, 1.54) is 36.4 Å². The summed E-state index contributed by atoms with van der Waals surface area (Å²) in [5, 5.41) is 12.5. The van der Waals surface area contributed by atoms with Crippen LogP contribution >= 0.6 is 11.6 Å². The van der Waals surface area contributed by atoms with Crippen LogP contribution in [0.3, 0.4) is 0 Å². The molecule has 0 saturated heterocycles. The number of carboxylic acids is 1. The summed E-state index contributed by atoms with van der Waals surface area (Å²) in [4.78, 5) is 37.7. The molecular weight excluding hydrogens is 363 g/mol. The van der Waals surface area contributed by atoms with Crippen LogP contribution in [0.1, 0.15) is 26.3 Å². The summed E-state index contributed by atoms with van der Waals surface area (Å²) in [6, 6.07) is 9.36. The molecule has 0 radical (unpaired) electrons. The molecule has 0 aliphatic rings. The molecule has 1 heterocycles. The van der Waals surface area contributed by atoms with Crippen molar-refractivity contribution in [3.63, 3.8) is 0 Å². The van der Waals surface area contributed by atoms with Crippen molar-refractivity contribution in [1.29, 1.82) is 0 Å². The molecule has 6 nitrogen and oxygen atoms in total. The Labute approximate surface area is 151 Å². The van der Waals surface area contributed by atoms with Crippen LogP contribution in [0.25, 0.3) is 10.9 Å². The summed E-state index contributed by atoms with van der Waals surface area (Å²) in [5.74, 6) is -2.23. The second kappa shape index (κ2) is 6.97. The SMILES string of the molecule is O=C(NCc1cc(Cl)cc2cc(C(=O)O)c(=O)[nH]c12)c1ccc(F)cc1. The van der Waals surface area contributed by atoms with Gasteiger partial charge >= 0.3 is 5.97 Å². The van der Waals surface area contributed by atoms with Crippen molar-refractivity contribution in [2.75, 3.05) is 0 Å². The number of hydrogen-bond acceptors (Lipinski definition) is 3. The first-order valence-electron chi connectivity index (χ1n) is 7.47. The monoisotopic (exact) mass is 374 g/mol. The van der Waals surface area contributed by atoms with Crippen molar-refractivity contribution in [3.05, 3.63) is 80.3 Å². The number of fused-ring (bicyclic) bond motifs is 1. The van der Waals surface area contributed by atoms with Crippen molar-refractivity contribution >= 4 is 34.4 Å². The van der Waals surface area contributed by atoms with Crippen molar-refractivity contribution in [2.24, 2.45) is 0 Å². The topological polar surface area (TPSA) is 99.3 Å². The Bertz CT molecular complexity index is 1080. The fraction of sp³-hybridized carbons (Fsp3) is 0.0556. The molecule has 3 aromatic rings. The molecular formula is C18H12ClFN2O4. The number of halogens is 2. The quantitative estimate of drug-likeness (QED) is 0.653. The van der Waals surface area contributed by atoms with Gasteiger partial charge in [-0.2, -0.15) is 0 Å². The van der Waals surface area contributed by atoms with Crippen molar-refractivity contribution in [2.45, 2.75) is 6.54 Å². The van der Waals surface area contributed by atoms with Crippen LogP contribution in [0.4, 0.5) is 4.39 Å². The summed E-state index contributed by atoms with van der Waals surface area (Å²) < 4.78 is 12.9. The Morgan fingerprint density at radius 1 is 1.15 bits per heavy atom. The van der Waals surface area contributed by atoms with Gasteiger partial charge in [0, 0.05) is 22.5 Å². The van der Waals surface area contributed by atoms with Gasteiger partial charge in [-0.15, -0.1) is 0 Å². The number of H-pyrrole nitrogens is 1. The van der Waals surface area contributed by atoms with Gasteiger partial charge < -0.3 is 15.4 Å². The summed E-state index contributed by atoms with van der Waals surface area (Å²) in [6.45, 7) is 0.0373. The molecule has 0 spiro atoms. The fourth-order valence-corrected chi connectivity index (χ4v) is 2.78. The zero-order valence-electron chi connectivity index (χ0n) is 13.2. The normalized spacial score (nSPS) is 10.7. The number of aromatic nitrogens is 1. The fourth-order valence-electron chi connectivity index (χ4n) is 2.53. The lowest BCUT2D eigenvalue weighted by atomic mass is 10.1. The summed E-state index contributed by atoms with van der Waals surface area (Å²) in [5.41, 5.74) is 0.0136. The molecule has 0 aliphatic carbocycles. The number of amides is 1. The number of nitrogens with one attached hydrogen (secondary N) is 2. The van der Waals surface area contributed by atoms with Gasteiger partial charge in [0.1, 0.15) is 11.4 Å².